The highest BCUT2D eigenvalue weighted by atomic mass is 16.5. The lowest BCUT2D eigenvalue weighted by molar-refractivity contribution is -0.0977. The summed E-state index contributed by atoms with van der Waals surface area (Å²) < 4.78 is 5.71. The van der Waals surface area contributed by atoms with Crippen molar-refractivity contribution in [2.24, 2.45) is 5.41 Å². The number of nitrogens with one attached hydrogen (secondary N) is 1. The first-order valence-electron chi connectivity index (χ1n) is 6.51. The van der Waals surface area contributed by atoms with Crippen molar-refractivity contribution in [1.29, 1.82) is 0 Å². The van der Waals surface area contributed by atoms with Gasteiger partial charge in [-0.15, -0.1) is 5.10 Å². The summed E-state index contributed by atoms with van der Waals surface area (Å²) in [6.07, 6.45) is 1.32. The zero-order chi connectivity index (χ0) is 13.3. The van der Waals surface area contributed by atoms with E-state index in [2.05, 4.69) is 34.3 Å². The first kappa shape index (κ1) is 13.2. The quantitative estimate of drug-likeness (QED) is 0.886. The molecular formula is C13H22N4O. The van der Waals surface area contributed by atoms with E-state index in [9.17, 15) is 0 Å². The van der Waals surface area contributed by atoms with E-state index >= 15 is 0 Å². The number of aromatic nitrogens is 3. The molecule has 1 fully saturated rings. The van der Waals surface area contributed by atoms with Crippen molar-refractivity contribution >= 4 is 5.95 Å². The Hall–Kier alpha value is -1.23. The van der Waals surface area contributed by atoms with E-state index < -0.39 is 0 Å². The lowest BCUT2D eigenvalue weighted by atomic mass is 9.64. The molecule has 5 heteroatoms. The Labute approximate surface area is 108 Å². The van der Waals surface area contributed by atoms with Crippen LogP contribution in [0, 0.1) is 19.3 Å². The summed E-state index contributed by atoms with van der Waals surface area (Å²) in [5.74, 6) is 0.617. The number of nitrogens with zero attached hydrogens (tertiary/aromatic N) is 3. The summed E-state index contributed by atoms with van der Waals surface area (Å²) in [6, 6.07) is 0.345. The van der Waals surface area contributed by atoms with Gasteiger partial charge in [0, 0.05) is 18.1 Å². The predicted octanol–water partition coefficient (Wildman–Crippen LogP) is 2.10. The second-order valence-electron chi connectivity index (χ2n) is 5.50. The number of aryl methyl sites for hydroxylation is 2. The minimum atomic E-state index is 0.109. The van der Waals surface area contributed by atoms with Crippen LogP contribution in [0.5, 0.6) is 0 Å². The summed E-state index contributed by atoms with van der Waals surface area (Å²) in [5.41, 5.74) is 1.91. The molecule has 1 N–H and O–H groups in total. The molecular weight excluding hydrogens is 228 g/mol. The largest absolute Gasteiger partial charge is 0.378 e. The number of hydrogen-bond acceptors (Lipinski definition) is 5. The molecule has 0 spiro atoms. The molecule has 0 aliphatic heterocycles. The third-order valence-electron chi connectivity index (χ3n) is 3.94. The fraction of sp³-hybridized carbons (Fsp3) is 0.769. The van der Waals surface area contributed by atoms with Gasteiger partial charge in [-0.3, -0.25) is 0 Å². The van der Waals surface area contributed by atoms with Gasteiger partial charge in [-0.2, -0.15) is 5.10 Å². The lowest BCUT2D eigenvalue weighted by Gasteiger charge is -2.51. The second kappa shape index (κ2) is 4.80. The van der Waals surface area contributed by atoms with Crippen molar-refractivity contribution in [2.75, 3.05) is 11.9 Å². The maximum Gasteiger partial charge on any atom is 0.243 e. The van der Waals surface area contributed by atoms with Crippen LogP contribution in [-0.4, -0.2) is 33.9 Å². The molecule has 2 rings (SSSR count). The third kappa shape index (κ3) is 2.32. The molecule has 100 valence electrons. The molecule has 1 aliphatic carbocycles. The van der Waals surface area contributed by atoms with Crippen LogP contribution in [-0.2, 0) is 4.74 Å². The highest BCUT2D eigenvalue weighted by molar-refractivity contribution is 5.30. The average Bonchev–Trinajstić information content (AvgIpc) is 2.32. The number of hydrogen-bond donors (Lipinski definition) is 1. The van der Waals surface area contributed by atoms with Gasteiger partial charge in [0.1, 0.15) is 0 Å². The molecule has 0 aromatic carbocycles. The minimum absolute atomic E-state index is 0.109. The summed E-state index contributed by atoms with van der Waals surface area (Å²) in [5, 5.41) is 11.5. The Balaban J connectivity index is 2.01. The van der Waals surface area contributed by atoms with Gasteiger partial charge < -0.3 is 10.1 Å². The topological polar surface area (TPSA) is 59.9 Å². The second-order valence-corrected chi connectivity index (χ2v) is 5.50. The zero-order valence-electron chi connectivity index (χ0n) is 11.8. The monoisotopic (exact) mass is 250 g/mol. The molecule has 1 aliphatic rings. The molecule has 5 nitrogen and oxygen atoms in total. The van der Waals surface area contributed by atoms with Gasteiger partial charge >= 0.3 is 0 Å². The molecule has 0 saturated heterocycles. The summed E-state index contributed by atoms with van der Waals surface area (Å²) >= 11 is 0. The van der Waals surface area contributed by atoms with Crippen molar-refractivity contribution in [3.8, 4) is 0 Å². The van der Waals surface area contributed by atoms with Gasteiger partial charge in [0.2, 0.25) is 5.95 Å². The fourth-order valence-electron chi connectivity index (χ4n) is 2.29. The molecule has 18 heavy (non-hydrogen) atoms. The Kier molecular flexibility index (Phi) is 3.52. The molecule has 2 unspecified atom stereocenters. The van der Waals surface area contributed by atoms with Crippen molar-refractivity contribution in [3.05, 3.63) is 11.4 Å². The van der Waals surface area contributed by atoms with Crippen LogP contribution in [0.25, 0.3) is 0 Å². The van der Waals surface area contributed by atoms with Crippen molar-refractivity contribution < 1.29 is 4.74 Å². The van der Waals surface area contributed by atoms with Gasteiger partial charge in [0.15, 0.2) is 0 Å². The van der Waals surface area contributed by atoms with Crippen LogP contribution in [0.3, 0.4) is 0 Å². The van der Waals surface area contributed by atoms with Crippen LogP contribution in [0.4, 0.5) is 5.95 Å². The van der Waals surface area contributed by atoms with Gasteiger partial charge in [-0.05, 0) is 27.2 Å². The number of rotatable bonds is 4. The van der Waals surface area contributed by atoms with Crippen LogP contribution in [0.2, 0.25) is 0 Å². The highest BCUT2D eigenvalue weighted by Crippen LogP contribution is 2.43. The van der Waals surface area contributed by atoms with Crippen LogP contribution >= 0.6 is 0 Å². The Morgan fingerprint density at radius 2 is 2.00 bits per heavy atom. The van der Waals surface area contributed by atoms with Gasteiger partial charge in [0.05, 0.1) is 17.5 Å². The van der Waals surface area contributed by atoms with E-state index in [0.29, 0.717) is 18.1 Å². The van der Waals surface area contributed by atoms with E-state index in [1.165, 1.54) is 0 Å². The first-order chi connectivity index (χ1) is 8.45. The van der Waals surface area contributed by atoms with Crippen molar-refractivity contribution in [2.45, 2.75) is 53.2 Å². The van der Waals surface area contributed by atoms with E-state index in [4.69, 9.17) is 4.74 Å². The summed E-state index contributed by atoms with van der Waals surface area (Å²) in [6.45, 7) is 11.1. The molecule has 1 saturated carbocycles. The molecule has 1 heterocycles. The molecule has 1 aromatic heterocycles. The minimum Gasteiger partial charge on any atom is -0.378 e. The van der Waals surface area contributed by atoms with E-state index in [1.54, 1.807) is 0 Å². The summed E-state index contributed by atoms with van der Waals surface area (Å²) in [4.78, 5) is 4.41. The van der Waals surface area contributed by atoms with Gasteiger partial charge in [0.25, 0.3) is 0 Å². The van der Waals surface area contributed by atoms with Crippen molar-refractivity contribution in [1.82, 2.24) is 15.2 Å². The van der Waals surface area contributed by atoms with E-state index in [-0.39, 0.29) is 5.41 Å². The first-order valence-corrected chi connectivity index (χ1v) is 6.51. The van der Waals surface area contributed by atoms with Gasteiger partial charge in [-0.25, -0.2) is 4.98 Å². The van der Waals surface area contributed by atoms with Crippen LogP contribution in [0.15, 0.2) is 0 Å². The molecule has 2 atom stereocenters. The van der Waals surface area contributed by atoms with Crippen LogP contribution in [0.1, 0.15) is 38.6 Å². The average molecular weight is 250 g/mol. The smallest absolute Gasteiger partial charge is 0.243 e. The van der Waals surface area contributed by atoms with E-state index in [1.807, 2.05) is 20.8 Å². The molecule has 0 radical (unpaired) electrons. The predicted molar refractivity (Wildman–Crippen MR) is 70.5 cm³/mol. The Morgan fingerprint density at radius 1 is 1.28 bits per heavy atom. The van der Waals surface area contributed by atoms with Crippen LogP contribution < -0.4 is 5.32 Å². The normalized spacial score (nSPS) is 25.6. The maximum absolute atomic E-state index is 5.71. The zero-order valence-corrected chi connectivity index (χ0v) is 11.8. The standard InChI is InChI=1S/C13H22N4O/c1-6-18-11-7-10(13(11,4)5)15-12-14-8(2)9(3)16-17-12/h10-11H,6-7H2,1-5H3,(H,14,15,17). The molecule has 0 amide bonds. The SMILES string of the molecule is CCOC1CC(Nc2nnc(C)c(C)n2)C1(C)C. The van der Waals surface area contributed by atoms with Crippen molar-refractivity contribution in [3.63, 3.8) is 0 Å². The summed E-state index contributed by atoms with van der Waals surface area (Å²) in [7, 11) is 0. The Morgan fingerprint density at radius 3 is 2.56 bits per heavy atom. The molecule has 0 bridgehead atoms. The number of ether oxygens (including phenoxy) is 1. The van der Waals surface area contributed by atoms with E-state index in [0.717, 1.165) is 24.4 Å². The molecule has 1 aromatic rings. The maximum atomic E-state index is 5.71. The fourth-order valence-corrected chi connectivity index (χ4v) is 2.29. The third-order valence-corrected chi connectivity index (χ3v) is 3.94. The van der Waals surface area contributed by atoms with Gasteiger partial charge in [-0.1, -0.05) is 13.8 Å². The Bertz CT molecular complexity index is 433. The number of anilines is 1. The lowest BCUT2D eigenvalue weighted by Crippen LogP contribution is -2.58. The highest BCUT2D eigenvalue weighted by Gasteiger charge is 2.49.